The highest BCUT2D eigenvalue weighted by Crippen LogP contribution is 2.36. The summed E-state index contributed by atoms with van der Waals surface area (Å²) in [5.74, 6) is 0.759. The van der Waals surface area contributed by atoms with Crippen molar-refractivity contribution in [3.8, 4) is 23.3 Å². The topological polar surface area (TPSA) is 80.6 Å². The number of methoxy groups -OCH3 is 2. The fourth-order valence-corrected chi connectivity index (χ4v) is 3.73. The Morgan fingerprint density at radius 2 is 1.74 bits per heavy atom. The smallest absolute Gasteiger partial charge is 0.266 e. The van der Waals surface area contributed by atoms with Crippen molar-refractivity contribution in [2.24, 2.45) is 0 Å². The van der Waals surface area contributed by atoms with Crippen LogP contribution in [0.1, 0.15) is 11.1 Å². The summed E-state index contributed by atoms with van der Waals surface area (Å²) < 4.78 is 16.2. The molecule has 0 aromatic heterocycles. The minimum Gasteiger partial charge on any atom is -0.493 e. The highest BCUT2D eigenvalue weighted by atomic mass is 35.5. The fraction of sp³-hybridized carbons (Fsp3) is 0.120. The molecule has 3 aromatic carbocycles. The summed E-state index contributed by atoms with van der Waals surface area (Å²) in [6.45, 7) is 0.261. The van der Waals surface area contributed by atoms with Crippen molar-refractivity contribution in [1.82, 2.24) is 0 Å². The third kappa shape index (κ3) is 6.36. The molecule has 34 heavy (non-hydrogen) atoms. The van der Waals surface area contributed by atoms with Gasteiger partial charge in [-0.15, -0.1) is 0 Å². The zero-order chi connectivity index (χ0) is 24.7. The molecule has 3 rings (SSSR count). The van der Waals surface area contributed by atoms with Gasteiger partial charge in [-0.1, -0.05) is 40.9 Å². The maximum atomic E-state index is 12.6. The van der Waals surface area contributed by atoms with E-state index in [-0.39, 0.29) is 12.2 Å². The van der Waals surface area contributed by atoms with E-state index in [1.165, 1.54) is 20.3 Å². The summed E-state index contributed by atoms with van der Waals surface area (Å²) in [5.41, 5.74) is 1.69. The minimum absolute atomic E-state index is 0.110. The van der Waals surface area contributed by atoms with E-state index in [9.17, 15) is 10.1 Å². The summed E-state index contributed by atoms with van der Waals surface area (Å²) in [6, 6.07) is 17.0. The van der Waals surface area contributed by atoms with Crippen LogP contribution in [0.15, 0.2) is 60.2 Å². The molecular weight excluding hydrogens is 499 g/mol. The Morgan fingerprint density at radius 3 is 2.35 bits per heavy atom. The van der Waals surface area contributed by atoms with E-state index in [0.717, 1.165) is 5.56 Å². The number of hydrogen-bond donors (Lipinski definition) is 1. The molecule has 0 aliphatic rings. The van der Waals surface area contributed by atoms with Gasteiger partial charge in [-0.3, -0.25) is 4.79 Å². The third-order valence-electron chi connectivity index (χ3n) is 4.65. The van der Waals surface area contributed by atoms with Gasteiger partial charge in [-0.25, -0.2) is 0 Å². The van der Waals surface area contributed by atoms with E-state index >= 15 is 0 Å². The number of nitriles is 1. The molecule has 0 saturated heterocycles. The Bertz CT molecular complexity index is 1270. The van der Waals surface area contributed by atoms with Crippen LogP contribution in [-0.4, -0.2) is 20.1 Å². The van der Waals surface area contributed by atoms with Crippen LogP contribution < -0.4 is 19.5 Å². The van der Waals surface area contributed by atoms with Crippen LogP contribution in [0.4, 0.5) is 5.69 Å². The molecule has 0 fully saturated rings. The van der Waals surface area contributed by atoms with Crippen molar-refractivity contribution >= 4 is 52.5 Å². The molecule has 0 aliphatic heterocycles. The predicted molar refractivity (Wildman–Crippen MR) is 134 cm³/mol. The standard InChI is InChI=1S/C25H19Cl3N2O4/c1-32-23-11-15(10-22(28)24(23)33-2)9-17(13-29)25(31)30-19-5-7-20(8-6-19)34-14-16-3-4-18(26)12-21(16)27/h3-12H,14H2,1-2H3,(H,30,31)/b17-9+. The predicted octanol–water partition coefficient (Wildman–Crippen LogP) is 6.79. The molecule has 0 aliphatic carbocycles. The Labute approximate surface area is 212 Å². The van der Waals surface area contributed by atoms with Gasteiger partial charge in [0.15, 0.2) is 11.5 Å². The maximum absolute atomic E-state index is 12.6. The van der Waals surface area contributed by atoms with Crippen molar-refractivity contribution in [2.45, 2.75) is 6.61 Å². The lowest BCUT2D eigenvalue weighted by Crippen LogP contribution is -2.13. The van der Waals surface area contributed by atoms with E-state index in [0.29, 0.717) is 43.6 Å². The molecule has 9 heteroatoms. The molecule has 6 nitrogen and oxygen atoms in total. The van der Waals surface area contributed by atoms with Crippen LogP contribution in [0, 0.1) is 11.3 Å². The number of benzene rings is 3. The quantitative estimate of drug-likeness (QED) is 0.263. The van der Waals surface area contributed by atoms with Crippen LogP contribution in [0.25, 0.3) is 6.08 Å². The number of ether oxygens (including phenoxy) is 3. The van der Waals surface area contributed by atoms with Crippen LogP contribution in [-0.2, 0) is 11.4 Å². The summed E-state index contributed by atoms with van der Waals surface area (Å²) in [4.78, 5) is 12.6. The monoisotopic (exact) mass is 516 g/mol. The Kier molecular flexibility index (Phi) is 8.67. The largest absolute Gasteiger partial charge is 0.493 e. The maximum Gasteiger partial charge on any atom is 0.266 e. The number of carbonyl (C=O) groups is 1. The number of anilines is 1. The van der Waals surface area contributed by atoms with Crippen molar-refractivity contribution in [2.75, 3.05) is 19.5 Å². The first kappa shape index (κ1) is 25.3. The molecule has 0 heterocycles. The number of amides is 1. The third-order valence-corrected chi connectivity index (χ3v) is 5.52. The molecule has 1 amide bonds. The van der Waals surface area contributed by atoms with E-state index < -0.39 is 5.91 Å². The second kappa shape index (κ2) is 11.7. The van der Waals surface area contributed by atoms with Gasteiger partial charge in [-0.2, -0.15) is 5.26 Å². The molecular formula is C25H19Cl3N2O4. The van der Waals surface area contributed by atoms with E-state index in [2.05, 4.69) is 5.32 Å². The van der Waals surface area contributed by atoms with Crippen molar-refractivity contribution < 1.29 is 19.0 Å². The molecule has 0 spiro atoms. The lowest BCUT2D eigenvalue weighted by molar-refractivity contribution is -0.112. The Morgan fingerprint density at radius 1 is 1.00 bits per heavy atom. The van der Waals surface area contributed by atoms with Gasteiger partial charge in [0, 0.05) is 21.3 Å². The van der Waals surface area contributed by atoms with Crippen molar-refractivity contribution in [1.29, 1.82) is 5.26 Å². The lowest BCUT2D eigenvalue weighted by atomic mass is 10.1. The van der Waals surface area contributed by atoms with Gasteiger partial charge in [0.25, 0.3) is 5.91 Å². The van der Waals surface area contributed by atoms with Crippen LogP contribution in [0.5, 0.6) is 17.2 Å². The van der Waals surface area contributed by atoms with E-state index in [1.807, 2.05) is 6.07 Å². The molecule has 0 saturated carbocycles. The number of nitrogens with one attached hydrogen (secondary N) is 1. The minimum atomic E-state index is -0.574. The second-order valence-corrected chi connectivity index (χ2v) is 8.16. The van der Waals surface area contributed by atoms with Gasteiger partial charge < -0.3 is 19.5 Å². The molecule has 0 radical (unpaired) electrons. The molecule has 3 aromatic rings. The SMILES string of the molecule is COc1cc(/C=C(\C#N)C(=O)Nc2ccc(OCc3ccc(Cl)cc3Cl)cc2)cc(Cl)c1OC. The fourth-order valence-electron chi connectivity index (χ4n) is 2.97. The normalized spacial score (nSPS) is 10.9. The van der Waals surface area contributed by atoms with E-state index in [1.54, 1.807) is 54.6 Å². The number of halogens is 3. The summed E-state index contributed by atoms with van der Waals surface area (Å²) in [6.07, 6.45) is 1.41. The van der Waals surface area contributed by atoms with Crippen LogP contribution >= 0.6 is 34.8 Å². The second-order valence-electron chi connectivity index (χ2n) is 6.91. The lowest BCUT2D eigenvalue weighted by Gasteiger charge is -2.11. The molecule has 0 unspecified atom stereocenters. The summed E-state index contributed by atoms with van der Waals surface area (Å²) >= 11 is 18.3. The first-order valence-electron chi connectivity index (χ1n) is 9.86. The summed E-state index contributed by atoms with van der Waals surface area (Å²) in [5, 5.41) is 13.5. The first-order chi connectivity index (χ1) is 16.3. The number of carbonyl (C=O) groups excluding carboxylic acids is 1. The van der Waals surface area contributed by atoms with Crippen molar-refractivity contribution in [3.05, 3.63) is 86.4 Å². The molecule has 174 valence electrons. The number of nitrogens with zero attached hydrogens (tertiary/aromatic N) is 1. The summed E-state index contributed by atoms with van der Waals surface area (Å²) in [7, 11) is 2.94. The van der Waals surface area contributed by atoms with Crippen molar-refractivity contribution in [3.63, 3.8) is 0 Å². The van der Waals surface area contributed by atoms with Gasteiger partial charge in [-0.05, 0) is 60.2 Å². The highest BCUT2D eigenvalue weighted by Gasteiger charge is 2.14. The zero-order valence-electron chi connectivity index (χ0n) is 18.2. The molecule has 1 N–H and O–H groups in total. The average molecular weight is 518 g/mol. The van der Waals surface area contributed by atoms with Gasteiger partial charge in [0.1, 0.15) is 24.0 Å². The average Bonchev–Trinajstić information content (AvgIpc) is 2.82. The molecule has 0 bridgehead atoms. The van der Waals surface area contributed by atoms with Gasteiger partial charge >= 0.3 is 0 Å². The number of hydrogen-bond acceptors (Lipinski definition) is 5. The van der Waals surface area contributed by atoms with E-state index in [4.69, 9.17) is 49.0 Å². The molecule has 0 atom stereocenters. The first-order valence-corrected chi connectivity index (χ1v) is 11.0. The van der Waals surface area contributed by atoms with Crippen LogP contribution in [0.3, 0.4) is 0 Å². The zero-order valence-corrected chi connectivity index (χ0v) is 20.5. The van der Waals surface area contributed by atoms with Gasteiger partial charge in [0.05, 0.1) is 19.2 Å². The van der Waals surface area contributed by atoms with Gasteiger partial charge in [0.2, 0.25) is 0 Å². The Balaban J connectivity index is 1.68. The highest BCUT2D eigenvalue weighted by molar-refractivity contribution is 6.35. The van der Waals surface area contributed by atoms with Crippen LogP contribution in [0.2, 0.25) is 15.1 Å². The Hall–Kier alpha value is -3.37. The number of rotatable bonds is 8.